The van der Waals surface area contributed by atoms with E-state index in [-0.39, 0.29) is 24.7 Å². The molecule has 6 aromatic rings. The van der Waals surface area contributed by atoms with Crippen LogP contribution in [0.5, 0.6) is 11.5 Å². The van der Waals surface area contributed by atoms with Crippen LogP contribution in [0.1, 0.15) is 85.2 Å². The summed E-state index contributed by atoms with van der Waals surface area (Å²) in [7, 11) is 0. The number of likely N-dealkylation sites (tertiary alicyclic amines) is 2. The highest BCUT2D eigenvalue weighted by Crippen LogP contribution is 2.41. The van der Waals surface area contributed by atoms with Crippen LogP contribution in [-0.4, -0.2) is 116 Å². The number of phenolic OH excluding ortho intramolecular Hbond substituents is 2. The maximum absolute atomic E-state index is 12.9. The standard InChI is InChI=1S/2C24H27NO4.C4H6O6/c2*1-3-28-24(27)22-21-18(15-25-13-11-16(2)12-14-25)19(26)9-10-20(21)29-23(22)17-7-5-4-6-8-17;5-1(3(7)8)2(6)4(9)10/h2*4-10,16,26H,3,11-15H2,1-2H3;1-2,5-6H,(H,7,8)(H,9,10). The molecule has 6 N–H and O–H groups in total. The van der Waals surface area contributed by atoms with E-state index in [9.17, 15) is 29.4 Å². The summed E-state index contributed by atoms with van der Waals surface area (Å²) < 4.78 is 23.0. The number of piperidine rings is 2. The summed E-state index contributed by atoms with van der Waals surface area (Å²) >= 11 is 0. The first-order valence-corrected chi connectivity index (χ1v) is 22.9. The quantitative estimate of drug-likeness (QED) is 0.0597. The number of carbonyl (C=O) groups excluding carboxylic acids is 2. The second-order valence-electron chi connectivity index (χ2n) is 17.1. The molecule has 0 spiro atoms. The highest BCUT2D eigenvalue weighted by Gasteiger charge is 2.31. The summed E-state index contributed by atoms with van der Waals surface area (Å²) in [6, 6.07) is 25.9. The number of aliphatic hydroxyl groups excluding tert-OH is 2. The number of furan rings is 2. The van der Waals surface area contributed by atoms with E-state index in [1.165, 1.54) is 0 Å². The van der Waals surface area contributed by atoms with Gasteiger partial charge >= 0.3 is 23.9 Å². The predicted molar refractivity (Wildman–Crippen MR) is 253 cm³/mol. The maximum Gasteiger partial charge on any atom is 0.342 e. The lowest BCUT2D eigenvalue weighted by atomic mass is 9.97. The zero-order valence-corrected chi connectivity index (χ0v) is 38.7. The summed E-state index contributed by atoms with van der Waals surface area (Å²) in [5.74, 6) is -1.60. The third kappa shape index (κ3) is 12.0. The molecule has 16 heteroatoms. The molecular weight excluding hydrogens is 877 g/mol. The monoisotopic (exact) mass is 936 g/mol. The molecule has 0 bridgehead atoms. The van der Waals surface area contributed by atoms with Crippen molar-refractivity contribution in [3.8, 4) is 34.1 Å². The average molecular weight is 937 g/mol. The Balaban J connectivity index is 0.000000187. The number of phenols is 2. The molecule has 2 atom stereocenters. The number of carbonyl (C=O) groups is 4. The molecule has 4 heterocycles. The molecule has 0 amide bonds. The molecule has 0 aliphatic carbocycles. The van der Waals surface area contributed by atoms with Gasteiger partial charge < -0.3 is 48.9 Å². The van der Waals surface area contributed by atoms with Gasteiger partial charge in [0.15, 0.2) is 12.2 Å². The molecule has 4 aromatic carbocycles. The third-order valence-electron chi connectivity index (χ3n) is 12.2. The van der Waals surface area contributed by atoms with Gasteiger partial charge in [-0.15, -0.1) is 0 Å². The lowest BCUT2D eigenvalue weighted by Gasteiger charge is -2.30. The van der Waals surface area contributed by atoms with Gasteiger partial charge in [0.1, 0.15) is 45.3 Å². The van der Waals surface area contributed by atoms with E-state index < -0.39 is 36.1 Å². The minimum Gasteiger partial charge on any atom is -0.508 e. The largest absolute Gasteiger partial charge is 0.508 e. The molecule has 362 valence electrons. The topological polar surface area (TPSA) is 241 Å². The van der Waals surface area contributed by atoms with Gasteiger partial charge in [-0.05, 0) is 102 Å². The van der Waals surface area contributed by atoms with Gasteiger partial charge in [0, 0.05) is 46.1 Å². The number of hydrogen-bond donors (Lipinski definition) is 6. The number of nitrogens with zero attached hydrogens (tertiary/aromatic N) is 2. The van der Waals surface area contributed by atoms with Crippen LogP contribution in [0.2, 0.25) is 0 Å². The molecule has 16 nitrogen and oxygen atoms in total. The van der Waals surface area contributed by atoms with Crippen molar-refractivity contribution in [2.24, 2.45) is 11.8 Å². The summed E-state index contributed by atoms with van der Waals surface area (Å²) in [5, 5.41) is 55.2. The maximum atomic E-state index is 12.9. The number of carboxylic acids is 2. The van der Waals surface area contributed by atoms with Crippen molar-refractivity contribution in [3.05, 3.63) is 107 Å². The zero-order chi connectivity index (χ0) is 49.1. The van der Waals surface area contributed by atoms with Crippen LogP contribution in [0.4, 0.5) is 0 Å². The average Bonchev–Trinajstić information content (AvgIpc) is 3.93. The van der Waals surface area contributed by atoms with Gasteiger partial charge in [0.2, 0.25) is 0 Å². The number of ether oxygens (including phenoxy) is 2. The lowest BCUT2D eigenvalue weighted by molar-refractivity contribution is -0.165. The number of aliphatic hydroxyl groups is 2. The van der Waals surface area contributed by atoms with Gasteiger partial charge in [0.25, 0.3) is 0 Å². The molecule has 8 rings (SSSR count). The normalized spacial score (nSPS) is 15.7. The molecule has 2 unspecified atom stereocenters. The van der Waals surface area contributed by atoms with E-state index in [0.717, 1.165) is 86.0 Å². The number of esters is 2. The first-order valence-electron chi connectivity index (χ1n) is 22.9. The molecule has 2 aliphatic rings. The van der Waals surface area contributed by atoms with Crippen LogP contribution in [0.25, 0.3) is 44.6 Å². The molecule has 2 aromatic heterocycles. The number of rotatable bonds is 13. The lowest BCUT2D eigenvalue weighted by Crippen LogP contribution is -2.39. The number of fused-ring (bicyclic) bond motifs is 2. The number of aliphatic carboxylic acids is 2. The molecule has 68 heavy (non-hydrogen) atoms. The highest BCUT2D eigenvalue weighted by atomic mass is 16.5. The van der Waals surface area contributed by atoms with E-state index in [0.29, 0.717) is 57.7 Å². The van der Waals surface area contributed by atoms with Gasteiger partial charge in [-0.25, -0.2) is 19.2 Å². The fraction of sp³-hybridized carbons (Fsp3) is 0.385. The van der Waals surface area contributed by atoms with Crippen LogP contribution >= 0.6 is 0 Å². The van der Waals surface area contributed by atoms with Gasteiger partial charge in [0.05, 0.1) is 13.2 Å². The van der Waals surface area contributed by atoms with E-state index in [1.807, 2.05) is 60.7 Å². The van der Waals surface area contributed by atoms with Crippen LogP contribution in [-0.2, 0) is 32.2 Å². The minimum absolute atomic E-state index is 0.182. The van der Waals surface area contributed by atoms with E-state index in [1.54, 1.807) is 38.1 Å². The zero-order valence-electron chi connectivity index (χ0n) is 38.7. The summed E-state index contributed by atoms with van der Waals surface area (Å²) in [5.41, 5.74) is 5.04. The Morgan fingerprint density at radius 1 is 0.574 bits per heavy atom. The van der Waals surface area contributed by atoms with Crippen molar-refractivity contribution in [1.82, 2.24) is 9.80 Å². The van der Waals surface area contributed by atoms with Crippen molar-refractivity contribution in [3.63, 3.8) is 0 Å². The Hall–Kier alpha value is -6.72. The van der Waals surface area contributed by atoms with Crippen LogP contribution < -0.4 is 0 Å². The Morgan fingerprint density at radius 2 is 0.912 bits per heavy atom. The fourth-order valence-electron chi connectivity index (χ4n) is 8.36. The van der Waals surface area contributed by atoms with E-state index in [2.05, 4.69) is 23.6 Å². The van der Waals surface area contributed by atoms with Gasteiger partial charge in [-0.1, -0.05) is 74.5 Å². The Bertz CT molecular complexity index is 2480. The van der Waals surface area contributed by atoms with Crippen LogP contribution in [0.3, 0.4) is 0 Å². The highest BCUT2D eigenvalue weighted by molar-refractivity contribution is 6.11. The molecular formula is C52H60N2O14. The summed E-state index contributed by atoms with van der Waals surface area (Å²) in [6.07, 6.45) is 0.0316. The Morgan fingerprint density at radius 3 is 1.22 bits per heavy atom. The number of carboxylic acid groups (broad SMARTS) is 2. The van der Waals surface area contributed by atoms with E-state index in [4.69, 9.17) is 38.7 Å². The molecule has 2 aliphatic heterocycles. The van der Waals surface area contributed by atoms with Crippen molar-refractivity contribution in [2.75, 3.05) is 39.4 Å². The van der Waals surface area contributed by atoms with Crippen LogP contribution in [0.15, 0.2) is 93.8 Å². The molecule has 0 saturated carbocycles. The van der Waals surface area contributed by atoms with Crippen molar-refractivity contribution in [1.29, 1.82) is 0 Å². The smallest absolute Gasteiger partial charge is 0.342 e. The molecule has 2 fully saturated rings. The number of benzene rings is 4. The van der Waals surface area contributed by atoms with Gasteiger partial charge in [-0.2, -0.15) is 0 Å². The number of aromatic hydroxyl groups is 2. The Labute approximate surface area is 393 Å². The second kappa shape index (κ2) is 23.3. The van der Waals surface area contributed by atoms with Crippen LogP contribution in [0, 0.1) is 11.8 Å². The molecule has 2 saturated heterocycles. The first kappa shape index (κ1) is 50.7. The summed E-state index contributed by atoms with van der Waals surface area (Å²) in [4.78, 5) is 50.1. The van der Waals surface area contributed by atoms with Crippen molar-refractivity contribution >= 4 is 45.8 Å². The van der Waals surface area contributed by atoms with Crippen molar-refractivity contribution < 1.29 is 68.1 Å². The Kier molecular flexibility index (Phi) is 17.4. The predicted octanol–water partition coefficient (Wildman–Crippen LogP) is 8.31. The SMILES string of the molecule is CCOC(=O)c1c(-c2ccccc2)oc2ccc(O)c(CN3CCC(C)CC3)c12.CCOC(=O)c1c(-c2ccccc2)oc2ccc(O)c(CN3CCC(C)CC3)c12.O=C(O)C(O)C(O)C(=O)O. The molecule has 0 radical (unpaired) electrons. The third-order valence-corrected chi connectivity index (χ3v) is 12.2. The fourth-order valence-corrected chi connectivity index (χ4v) is 8.36. The van der Waals surface area contributed by atoms with Crippen molar-refractivity contribution in [2.45, 2.75) is 78.7 Å². The minimum atomic E-state index is -2.27. The van der Waals surface area contributed by atoms with E-state index >= 15 is 0 Å². The number of hydrogen-bond acceptors (Lipinski definition) is 14. The first-order chi connectivity index (χ1) is 32.6. The van der Waals surface area contributed by atoms with Gasteiger partial charge in [-0.3, -0.25) is 9.80 Å². The summed E-state index contributed by atoms with van der Waals surface area (Å²) in [6.45, 7) is 13.8. The second-order valence-corrected chi connectivity index (χ2v) is 17.1.